The number of aryl methyl sites for hydroxylation is 1. The first-order valence-electron chi connectivity index (χ1n) is 5.72. The minimum absolute atomic E-state index is 0.261. The van der Waals surface area contributed by atoms with Crippen LogP contribution in [0.3, 0.4) is 0 Å². The summed E-state index contributed by atoms with van der Waals surface area (Å²) in [6.45, 7) is -0.261. The Labute approximate surface area is 112 Å². The Balaban J connectivity index is 1.88. The SMILES string of the molecule is O=C(O)Cn1nnnc1Sc1ncnc2c1CCC2. The van der Waals surface area contributed by atoms with E-state index in [1.165, 1.54) is 22.8 Å². The summed E-state index contributed by atoms with van der Waals surface area (Å²) >= 11 is 1.28. The van der Waals surface area contributed by atoms with Crippen LogP contribution in [0.1, 0.15) is 17.7 Å². The summed E-state index contributed by atoms with van der Waals surface area (Å²) in [5.41, 5.74) is 2.19. The van der Waals surface area contributed by atoms with Gasteiger partial charge in [0.15, 0.2) is 0 Å². The Hall–Kier alpha value is -2.03. The normalized spacial score (nSPS) is 13.5. The van der Waals surface area contributed by atoms with Gasteiger partial charge in [0, 0.05) is 11.3 Å². The maximum Gasteiger partial charge on any atom is 0.325 e. The Morgan fingerprint density at radius 1 is 1.42 bits per heavy atom. The van der Waals surface area contributed by atoms with Crippen LogP contribution in [0.25, 0.3) is 0 Å². The van der Waals surface area contributed by atoms with Crippen molar-refractivity contribution in [2.45, 2.75) is 36.0 Å². The molecule has 0 amide bonds. The van der Waals surface area contributed by atoms with Crippen molar-refractivity contribution < 1.29 is 9.90 Å². The molecule has 1 N–H and O–H groups in total. The Morgan fingerprint density at radius 3 is 3.16 bits per heavy atom. The molecule has 8 nitrogen and oxygen atoms in total. The molecule has 0 saturated heterocycles. The molecular formula is C10H10N6O2S. The van der Waals surface area contributed by atoms with E-state index < -0.39 is 5.97 Å². The molecule has 2 aromatic rings. The van der Waals surface area contributed by atoms with E-state index >= 15 is 0 Å². The van der Waals surface area contributed by atoms with Crippen LogP contribution < -0.4 is 0 Å². The molecule has 0 bridgehead atoms. The minimum atomic E-state index is -0.984. The van der Waals surface area contributed by atoms with Gasteiger partial charge in [0.05, 0.1) is 0 Å². The van der Waals surface area contributed by atoms with Crippen molar-refractivity contribution in [3.8, 4) is 0 Å². The average molecular weight is 278 g/mol. The Morgan fingerprint density at radius 2 is 2.32 bits per heavy atom. The number of fused-ring (bicyclic) bond motifs is 1. The topological polar surface area (TPSA) is 107 Å². The Bertz CT molecular complexity index is 628. The number of carboxylic acid groups (broad SMARTS) is 1. The Kier molecular flexibility index (Phi) is 3.11. The molecule has 0 aliphatic heterocycles. The third-order valence-electron chi connectivity index (χ3n) is 2.81. The quantitative estimate of drug-likeness (QED) is 0.790. The lowest BCUT2D eigenvalue weighted by atomic mass is 10.3. The second-order valence-corrected chi connectivity index (χ2v) is 5.03. The summed E-state index contributed by atoms with van der Waals surface area (Å²) in [5.74, 6) is -0.984. The van der Waals surface area contributed by atoms with Gasteiger partial charge in [-0.15, -0.1) is 5.10 Å². The molecule has 1 aliphatic rings. The highest BCUT2D eigenvalue weighted by molar-refractivity contribution is 7.99. The lowest BCUT2D eigenvalue weighted by Gasteiger charge is -2.05. The van der Waals surface area contributed by atoms with Gasteiger partial charge in [-0.3, -0.25) is 4.79 Å². The van der Waals surface area contributed by atoms with Crippen molar-refractivity contribution in [3.05, 3.63) is 17.6 Å². The third-order valence-corrected chi connectivity index (χ3v) is 3.83. The third kappa shape index (κ3) is 2.41. The molecule has 98 valence electrons. The second kappa shape index (κ2) is 4.92. The summed E-state index contributed by atoms with van der Waals surface area (Å²) in [6, 6.07) is 0. The van der Waals surface area contributed by atoms with E-state index in [9.17, 15) is 4.79 Å². The van der Waals surface area contributed by atoms with Crippen LogP contribution in [0, 0.1) is 0 Å². The van der Waals surface area contributed by atoms with E-state index in [1.54, 1.807) is 0 Å². The van der Waals surface area contributed by atoms with E-state index in [0.717, 1.165) is 35.5 Å². The van der Waals surface area contributed by atoms with Gasteiger partial charge in [-0.25, -0.2) is 14.6 Å². The van der Waals surface area contributed by atoms with Crippen LogP contribution in [-0.2, 0) is 24.2 Å². The van der Waals surface area contributed by atoms with E-state index in [4.69, 9.17) is 5.11 Å². The van der Waals surface area contributed by atoms with E-state index in [-0.39, 0.29) is 6.54 Å². The number of nitrogens with zero attached hydrogens (tertiary/aromatic N) is 6. The van der Waals surface area contributed by atoms with Crippen molar-refractivity contribution in [2.75, 3.05) is 0 Å². The van der Waals surface area contributed by atoms with E-state index in [2.05, 4.69) is 25.5 Å². The van der Waals surface area contributed by atoms with Crippen molar-refractivity contribution in [1.82, 2.24) is 30.2 Å². The fourth-order valence-corrected chi connectivity index (χ4v) is 2.90. The highest BCUT2D eigenvalue weighted by atomic mass is 32.2. The van der Waals surface area contributed by atoms with Gasteiger partial charge in [-0.2, -0.15) is 0 Å². The molecule has 0 spiro atoms. The van der Waals surface area contributed by atoms with Crippen LogP contribution in [0.2, 0.25) is 0 Å². The number of carboxylic acids is 1. The molecule has 0 aromatic carbocycles. The van der Waals surface area contributed by atoms with Crippen LogP contribution in [0.15, 0.2) is 16.5 Å². The minimum Gasteiger partial charge on any atom is -0.480 e. The molecule has 0 radical (unpaired) electrons. The molecule has 0 unspecified atom stereocenters. The number of carbonyl (C=O) groups is 1. The van der Waals surface area contributed by atoms with Crippen molar-refractivity contribution in [2.24, 2.45) is 0 Å². The monoisotopic (exact) mass is 278 g/mol. The zero-order valence-electron chi connectivity index (χ0n) is 9.85. The summed E-state index contributed by atoms with van der Waals surface area (Å²) in [4.78, 5) is 19.2. The summed E-state index contributed by atoms with van der Waals surface area (Å²) in [7, 11) is 0. The smallest absolute Gasteiger partial charge is 0.325 e. The van der Waals surface area contributed by atoms with Gasteiger partial charge in [0.1, 0.15) is 17.9 Å². The van der Waals surface area contributed by atoms with Gasteiger partial charge in [0.25, 0.3) is 0 Å². The lowest BCUT2D eigenvalue weighted by Crippen LogP contribution is -2.11. The van der Waals surface area contributed by atoms with Crippen LogP contribution in [-0.4, -0.2) is 41.3 Å². The molecule has 0 saturated carbocycles. The van der Waals surface area contributed by atoms with Crippen molar-refractivity contribution in [3.63, 3.8) is 0 Å². The molecule has 0 fully saturated rings. The summed E-state index contributed by atoms with van der Waals surface area (Å²) < 4.78 is 1.25. The standard InChI is InChI=1S/C10H10N6O2S/c17-8(18)4-16-10(13-14-15-16)19-9-6-2-1-3-7(6)11-5-12-9/h5H,1-4H2,(H,17,18). The van der Waals surface area contributed by atoms with Crippen LogP contribution >= 0.6 is 11.8 Å². The molecule has 2 heterocycles. The first kappa shape index (κ1) is 12.0. The molecule has 9 heteroatoms. The largest absolute Gasteiger partial charge is 0.480 e. The maximum atomic E-state index is 10.7. The lowest BCUT2D eigenvalue weighted by molar-refractivity contribution is -0.138. The molecular weight excluding hydrogens is 268 g/mol. The number of rotatable bonds is 4. The number of tetrazole rings is 1. The molecule has 19 heavy (non-hydrogen) atoms. The molecule has 3 rings (SSSR count). The number of aliphatic carboxylic acids is 1. The van der Waals surface area contributed by atoms with Crippen LogP contribution in [0.5, 0.6) is 0 Å². The first-order chi connectivity index (χ1) is 9.24. The number of aromatic nitrogens is 6. The van der Waals surface area contributed by atoms with Crippen LogP contribution in [0.4, 0.5) is 0 Å². The van der Waals surface area contributed by atoms with Crippen molar-refractivity contribution in [1.29, 1.82) is 0 Å². The second-order valence-electron chi connectivity index (χ2n) is 4.07. The van der Waals surface area contributed by atoms with Gasteiger partial charge < -0.3 is 5.11 Å². The number of hydrogen-bond donors (Lipinski definition) is 1. The fraction of sp³-hybridized carbons (Fsp3) is 0.400. The zero-order chi connectivity index (χ0) is 13.2. The van der Waals surface area contributed by atoms with E-state index in [1.807, 2.05) is 0 Å². The predicted molar refractivity (Wildman–Crippen MR) is 63.6 cm³/mol. The predicted octanol–water partition coefficient (Wildman–Crippen LogP) is 0.188. The van der Waals surface area contributed by atoms with Gasteiger partial charge in [-0.05, 0) is 41.5 Å². The highest BCUT2D eigenvalue weighted by Gasteiger charge is 2.20. The maximum absolute atomic E-state index is 10.7. The van der Waals surface area contributed by atoms with Gasteiger partial charge in [0.2, 0.25) is 5.16 Å². The highest BCUT2D eigenvalue weighted by Crippen LogP contribution is 2.31. The summed E-state index contributed by atoms with van der Waals surface area (Å²) in [6.07, 6.45) is 4.50. The van der Waals surface area contributed by atoms with E-state index in [0.29, 0.717) is 5.16 Å². The zero-order valence-corrected chi connectivity index (χ0v) is 10.7. The first-order valence-corrected chi connectivity index (χ1v) is 6.54. The molecule has 0 atom stereocenters. The van der Waals surface area contributed by atoms with Gasteiger partial charge >= 0.3 is 5.97 Å². The van der Waals surface area contributed by atoms with Gasteiger partial charge in [-0.1, -0.05) is 0 Å². The molecule has 1 aliphatic carbocycles. The van der Waals surface area contributed by atoms with Crippen molar-refractivity contribution >= 4 is 17.7 Å². The molecule has 2 aromatic heterocycles. The fourth-order valence-electron chi connectivity index (χ4n) is 2.00. The summed E-state index contributed by atoms with van der Waals surface area (Å²) in [5, 5.41) is 21.0. The average Bonchev–Trinajstić information content (AvgIpc) is 2.99. The number of hydrogen-bond acceptors (Lipinski definition) is 7.